The minimum atomic E-state index is -0.268. The molecule has 124 valence electrons. The number of hydrogen-bond donors (Lipinski definition) is 1. The molecule has 2 rings (SSSR count). The Hall–Kier alpha value is -2.37. The topological polar surface area (TPSA) is 85.2 Å². The first-order valence-electron chi connectivity index (χ1n) is 7.78. The highest BCUT2D eigenvalue weighted by atomic mass is 16.6. The van der Waals surface area contributed by atoms with Gasteiger partial charge in [0.2, 0.25) is 0 Å². The highest BCUT2D eigenvalue weighted by molar-refractivity contribution is 6.01. The summed E-state index contributed by atoms with van der Waals surface area (Å²) >= 11 is 0. The second-order valence-corrected chi connectivity index (χ2v) is 5.42. The van der Waals surface area contributed by atoms with E-state index in [1.54, 1.807) is 31.2 Å². The minimum Gasteiger partial charge on any atom is -0.508 e. The zero-order valence-corrected chi connectivity index (χ0v) is 13.2. The van der Waals surface area contributed by atoms with Crippen LogP contribution in [0.3, 0.4) is 0 Å². The van der Waals surface area contributed by atoms with Crippen LogP contribution < -0.4 is 0 Å². The molecule has 1 unspecified atom stereocenters. The van der Waals surface area contributed by atoms with Crippen LogP contribution >= 0.6 is 0 Å². The number of rotatable bonds is 8. The number of carbonyl (C=O) groups excluding carboxylic acids is 2. The summed E-state index contributed by atoms with van der Waals surface area (Å²) in [7, 11) is 0. The van der Waals surface area contributed by atoms with Crippen molar-refractivity contribution in [1.82, 2.24) is 0 Å². The Morgan fingerprint density at radius 2 is 2.04 bits per heavy atom. The molecule has 1 aliphatic heterocycles. The van der Waals surface area contributed by atoms with Crippen molar-refractivity contribution in [2.24, 2.45) is 5.16 Å². The lowest BCUT2D eigenvalue weighted by Crippen LogP contribution is -2.15. The van der Waals surface area contributed by atoms with Gasteiger partial charge >= 0.3 is 5.97 Å². The predicted octanol–water partition coefficient (Wildman–Crippen LogP) is 2.58. The minimum absolute atomic E-state index is 0.0569. The Morgan fingerprint density at radius 1 is 1.30 bits per heavy atom. The molecule has 1 aliphatic rings. The lowest BCUT2D eigenvalue weighted by atomic mass is 10.0. The summed E-state index contributed by atoms with van der Waals surface area (Å²) in [5, 5.41) is 13.3. The molecule has 0 aliphatic carbocycles. The van der Waals surface area contributed by atoms with E-state index in [-0.39, 0.29) is 36.4 Å². The van der Waals surface area contributed by atoms with Crippen molar-refractivity contribution >= 4 is 17.5 Å². The van der Waals surface area contributed by atoms with Gasteiger partial charge in [0, 0.05) is 25.7 Å². The summed E-state index contributed by atoms with van der Waals surface area (Å²) in [5.41, 5.74) is 1.65. The number of carbonyl (C=O) groups is 2. The number of oxime groups is 1. The lowest BCUT2D eigenvalue weighted by Gasteiger charge is -2.07. The molecule has 0 saturated heterocycles. The lowest BCUT2D eigenvalue weighted by molar-refractivity contribution is -0.143. The van der Waals surface area contributed by atoms with E-state index >= 15 is 0 Å². The number of ketones is 1. The Morgan fingerprint density at radius 3 is 2.74 bits per heavy atom. The first kappa shape index (κ1) is 17.0. The number of Topliss-reactive ketones (excluding diaryl/α,β-unsaturated/α-hetero) is 1. The molecule has 0 aromatic heterocycles. The molecule has 1 heterocycles. The molecule has 0 radical (unpaired) electrons. The maximum absolute atomic E-state index is 11.9. The van der Waals surface area contributed by atoms with E-state index < -0.39 is 0 Å². The number of aromatic hydroxyl groups is 1. The number of phenols is 1. The molecule has 0 fully saturated rings. The van der Waals surface area contributed by atoms with Crippen LogP contribution in [-0.2, 0) is 19.2 Å². The van der Waals surface area contributed by atoms with Crippen molar-refractivity contribution in [3.63, 3.8) is 0 Å². The van der Waals surface area contributed by atoms with E-state index in [4.69, 9.17) is 9.57 Å². The van der Waals surface area contributed by atoms with Crippen molar-refractivity contribution in [2.45, 2.75) is 45.1 Å². The van der Waals surface area contributed by atoms with Gasteiger partial charge in [0.05, 0.1) is 12.3 Å². The molecule has 1 N–H and O–H groups in total. The third-order valence-corrected chi connectivity index (χ3v) is 3.53. The molecule has 1 aromatic rings. The summed E-state index contributed by atoms with van der Waals surface area (Å²) in [4.78, 5) is 28.4. The zero-order valence-electron chi connectivity index (χ0n) is 13.2. The van der Waals surface area contributed by atoms with Crippen molar-refractivity contribution in [2.75, 3.05) is 6.61 Å². The first-order valence-corrected chi connectivity index (χ1v) is 7.78. The Labute approximate surface area is 135 Å². The fraction of sp³-hybridized carbons (Fsp3) is 0.471. The van der Waals surface area contributed by atoms with E-state index in [1.807, 2.05) is 0 Å². The fourth-order valence-electron chi connectivity index (χ4n) is 2.38. The number of benzene rings is 1. The van der Waals surface area contributed by atoms with Gasteiger partial charge in [-0.25, -0.2) is 0 Å². The van der Waals surface area contributed by atoms with Gasteiger partial charge in [-0.05, 0) is 43.2 Å². The van der Waals surface area contributed by atoms with Crippen molar-refractivity contribution in [3.05, 3.63) is 29.8 Å². The Bertz CT molecular complexity index is 579. The number of ether oxygens (including phenoxy) is 1. The molecule has 1 atom stereocenters. The average Bonchev–Trinajstić information content (AvgIpc) is 2.96. The van der Waals surface area contributed by atoms with Crippen molar-refractivity contribution < 1.29 is 24.3 Å². The standard InChI is InChI=1S/C17H21NO5/c1-2-22-17(21)5-3-4-14(20)10-15-11-16(18-23-15)12-6-8-13(19)9-7-12/h6-9,15,19H,2-5,10-11H2,1H3. The third-order valence-electron chi connectivity index (χ3n) is 3.53. The summed E-state index contributed by atoms with van der Waals surface area (Å²) in [5.74, 6) is -0.0154. The monoisotopic (exact) mass is 319 g/mol. The van der Waals surface area contributed by atoms with Crippen LogP contribution in [-0.4, -0.2) is 35.3 Å². The maximum Gasteiger partial charge on any atom is 0.305 e. The molecule has 6 nitrogen and oxygen atoms in total. The maximum atomic E-state index is 11.9. The molecule has 6 heteroatoms. The zero-order chi connectivity index (χ0) is 16.7. The molecular weight excluding hydrogens is 298 g/mol. The van der Waals surface area contributed by atoms with Crippen LogP contribution in [0.2, 0.25) is 0 Å². The molecule has 0 amide bonds. The highest BCUT2D eigenvalue weighted by Gasteiger charge is 2.24. The number of hydrogen-bond acceptors (Lipinski definition) is 6. The summed E-state index contributed by atoms with van der Waals surface area (Å²) in [6, 6.07) is 6.71. The second kappa shape index (κ2) is 8.31. The van der Waals surface area contributed by atoms with Crippen LogP contribution in [0.4, 0.5) is 0 Å². The average molecular weight is 319 g/mol. The van der Waals surface area contributed by atoms with Gasteiger partial charge in [-0.2, -0.15) is 0 Å². The van der Waals surface area contributed by atoms with Gasteiger partial charge in [-0.3, -0.25) is 9.59 Å². The van der Waals surface area contributed by atoms with Crippen LogP contribution in [0, 0.1) is 0 Å². The molecule has 0 spiro atoms. The number of phenolic OH excluding ortho intramolecular Hbond substituents is 1. The van der Waals surface area contributed by atoms with E-state index in [9.17, 15) is 14.7 Å². The number of esters is 1. The Balaban J connectivity index is 1.71. The predicted molar refractivity (Wildman–Crippen MR) is 84.2 cm³/mol. The van der Waals surface area contributed by atoms with E-state index in [1.165, 1.54) is 0 Å². The largest absolute Gasteiger partial charge is 0.508 e. The third kappa shape index (κ3) is 5.39. The molecule has 0 saturated carbocycles. The van der Waals surface area contributed by atoms with E-state index in [0.29, 0.717) is 25.9 Å². The van der Waals surface area contributed by atoms with Gasteiger partial charge < -0.3 is 14.7 Å². The van der Waals surface area contributed by atoms with E-state index in [2.05, 4.69) is 5.16 Å². The highest BCUT2D eigenvalue weighted by Crippen LogP contribution is 2.21. The van der Waals surface area contributed by atoms with Gasteiger partial charge in [0.25, 0.3) is 0 Å². The van der Waals surface area contributed by atoms with Crippen LogP contribution in [0.15, 0.2) is 29.4 Å². The SMILES string of the molecule is CCOC(=O)CCCC(=O)CC1CC(c2ccc(O)cc2)=NO1. The molecule has 1 aromatic carbocycles. The second-order valence-electron chi connectivity index (χ2n) is 5.42. The van der Waals surface area contributed by atoms with Gasteiger partial charge in [-0.1, -0.05) is 5.16 Å². The van der Waals surface area contributed by atoms with Gasteiger partial charge in [0.15, 0.2) is 0 Å². The summed E-state index contributed by atoms with van der Waals surface area (Å²) in [6.07, 6.45) is 1.69. The molecular formula is C17H21NO5. The van der Waals surface area contributed by atoms with E-state index in [0.717, 1.165) is 11.3 Å². The normalized spacial score (nSPS) is 16.6. The van der Waals surface area contributed by atoms with Crippen LogP contribution in [0.1, 0.15) is 44.6 Å². The quantitative estimate of drug-likeness (QED) is 0.744. The van der Waals surface area contributed by atoms with Crippen LogP contribution in [0.5, 0.6) is 5.75 Å². The van der Waals surface area contributed by atoms with Crippen LogP contribution in [0.25, 0.3) is 0 Å². The summed E-state index contributed by atoms with van der Waals surface area (Å²) < 4.78 is 4.82. The van der Waals surface area contributed by atoms with Crippen molar-refractivity contribution in [1.29, 1.82) is 0 Å². The first-order chi connectivity index (χ1) is 11.1. The smallest absolute Gasteiger partial charge is 0.305 e. The summed E-state index contributed by atoms with van der Waals surface area (Å²) in [6.45, 7) is 2.12. The number of nitrogens with zero attached hydrogens (tertiary/aromatic N) is 1. The van der Waals surface area contributed by atoms with Gasteiger partial charge in [0.1, 0.15) is 17.6 Å². The van der Waals surface area contributed by atoms with Crippen molar-refractivity contribution in [3.8, 4) is 5.75 Å². The van der Waals surface area contributed by atoms with Gasteiger partial charge in [-0.15, -0.1) is 0 Å². The Kier molecular flexibility index (Phi) is 6.14. The fourth-order valence-corrected chi connectivity index (χ4v) is 2.38. The molecule has 0 bridgehead atoms. The molecule has 23 heavy (non-hydrogen) atoms.